The molecule has 2 heterocycles. The Labute approximate surface area is 251 Å². The SMILES string of the molecule is COC(=O)C1=CNC2C(C(=O)OC)(C1c1ccc(Cl)cc1)C1NC=C(C(=O)OC)C(c3ccc(Cl)cc3)C21C(=O)OC. The molecule has 1 aliphatic carbocycles. The fourth-order valence-corrected chi connectivity index (χ4v) is 7.40. The summed E-state index contributed by atoms with van der Waals surface area (Å²) in [5, 5.41) is 7.21. The lowest BCUT2D eigenvalue weighted by Crippen LogP contribution is -2.88. The number of esters is 4. The molecule has 1 saturated carbocycles. The van der Waals surface area contributed by atoms with Crippen LogP contribution in [-0.4, -0.2) is 64.4 Å². The molecule has 0 bridgehead atoms. The van der Waals surface area contributed by atoms with Gasteiger partial charge in [0.2, 0.25) is 0 Å². The molecule has 2 aromatic carbocycles. The van der Waals surface area contributed by atoms with Gasteiger partial charge in [0.05, 0.1) is 51.7 Å². The van der Waals surface area contributed by atoms with Crippen LogP contribution in [0.4, 0.5) is 0 Å². The van der Waals surface area contributed by atoms with Gasteiger partial charge >= 0.3 is 23.9 Å². The molecule has 3 aliphatic rings. The molecule has 0 amide bonds. The molecule has 5 rings (SSSR count). The van der Waals surface area contributed by atoms with Gasteiger partial charge in [-0.15, -0.1) is 0 Å². The number of hydrogen-bond acceptors (Lipinski definition) is 10. The fraction of sp³-hybridized carbons (Fsp3) is 0.333. The maximum Gasteiger partial charge on any atom is 0.335 e. The molecule has 12 heteroatoms. The topological polar surface area (TPSA) is 129 Å². The third-order valence-electron chi connectivity index (χ3n) is 8.63. The number of nitrogens with one attached hydrogen (secondary N) is 2. The monoisotopic (exact) mass is 614 g/mol. The second-order valence-corrected chi connectivity index (χ2v) is 11.1. The maximum atomic E-state index is 14.1. The van der Waals surface area contributed by atoms with Crippen LogP contribution in [-0.2, 0) is 38.1 Å². The van der Waals surface area contributed by atoms with Crippen molar-refractivity contribution in [3.05, 3.63) is 93.2 Å². The smallest absolute Gasteiger partial charge is 0.335 e. The van der Waals surface area contributed by atoms with Crippen LogP contribution in [0.2, 0.25) is 10.0 Å². The Hall–Kier alpha value is -4.02. The van der Waals surface area contributed by atoms with Gasteiger partial charge in [-0.1, -0.05) is 47.5 Å². The molecule has 1 fully saturated rings. The van der Waals surface area contributed by atoms with E-state index in [0.717, 1.165) is 0 Å². The standard InChI is InChI=1S/C30H28Cl2N2O8/c1-39-23(35)19-13-33-25-29(27(37)41-3,21(19)15-5-9-17(31)10-6-15)26-30(25,28(38)42-4)22(16-7-11-18(32)12-8-16)20(14-34-26)24(36)40-2/h5-14,21-22,25-26,33-34H,1-4H3. The highest BCUT2D eigenvalue weighted by molar-refractivity contribution is 6.30. The van der Waals surface area contributed by atoms with Gasteiger partial charge in [0.1, 0.15) is 10.8 Å². The molecular weight excluding hydrogens is 587 g/mol. The van der Waals surface area contributed by atoms with Crippen LogP contribution >= 0.6 is 23.2 Å². The molecule has 0 radical (unpaired) electrons. The van der Waals surface area contributed by atoms with Crippen LogP contribution in [0.1, 0.15) is 23.0 Å². The summed E-state index contributed by atoms with van der Waals surface area (Å²) in [4.78, 5) is 54.6. The predicted octanol–water partition coefficient (Wildman–Crippen LogP) is 3.25. The zero-order chi connectivity index (χ0) is 30.4. The number of benzene rings is 2. The van der Waals surface area contributed by atoms with Gasteiger partial charge in [-0.2, -0.15) is 0 Å². The van der Waals surface area contributed by atoms with Gasteiger partial charge in [-0.25, -0.2) is 9.59 Å². The molecule has 0 aromatic heterocycles. The van der Waals surface area contributed by atoms with E-state index in [9.17, 15) is 19.2 Å². The van der Waals surface area contributed by atoms with Crippen LogP contribution in [0.3, 0.4) is 0 Å². The van der Waals surface area contributed by atoms with Crippen molar-refractivity contribution in [2.24, 2.45) is 10.8 Å². The minimum atomic E-state index is -1.61. The first-order valence-electron chi connectivity index (χ1n) is 12.9. The summed E-state index contributed by atoms with van der Waals surface area (Å²) in [5.41, 5.74) is -1.85. The summed E-state index contributed by atoms with van der Waals surface area (Å²) in [5.74, 6) is -4.69. The third-order valence-corrected chi connectivity index (χ3v) is 9.13. The highest BCUT2D eigenvalue weighted by atomic mass is 35.5. The van der Waals surface area contributed by atoms with Gasteiger partial charge in [-0.05, 0) is 35.4 Å². The largest absolute Gasteiger partial charge is 0.468 e. The fourth-order valence-electron chi connectivity index (χ4n) is 7.14. The normalized spacial score (nSPS) is 29.0. The van der Waals surface area contributed by atoms with Crippen LogP contribution in [0.15, 0.2) is 72.1 Å². The Balaban J connectivity index is 1.85. The van der Waals surface area contributed by atoms with E-state index in [4.69, 9.17) is 42.1 Å². The number of methoxy groups -OCH3 is 4. The van der Waals surface area contributed by atoms with Gasteiger partial charge in [0.15, 0.2) is 0 Å². The van der Waals surface area contributed by atoms with Crippen LogP contribution in [0.5, 0.6) is 0 Å². The van der Waals surface area contributed by atoms with E-state index < -0.39 is 58.6 Å². The average molecular weight is 615 g/mol. The van der Waals surface area contributed by atoms with E-state index in [0.29, 0.717) is 21.2 Å². The third kappa shape index (κ3) is 3.92. The van der Waals surface area contributed by atoms with E-state index in [1.807, 2.05) is 0 Å². The van der Waals surface area contributed by atoms with Crippen molar-refractivity contribution in [3.8, 4) is 0 Å². The molecule has 0 unspecified atom stereocenters. The quantitative estimate of drug-likeness (QED) is 0.369. The Bertz CT molecular complexity index is 1380. The number of carbonyl (C=O) groups excluding carboxylic acids is 4. The van der Waals surface area contributed by atoms with Crippen LogP contribution in [0.25, 0.3) is 0 Å². The van der Waals surface area contributed by atoms with Crippen molar-refractivity contribution in [3.63, 3.8) is 0 Å². The Kier molecular flexibility index (Phi) is 7.72. The number of ether oxygens (including phenoxy) is 4. The first-order valence-corrected chi connectivity index (χ1v) is 13.7. The lowest BCUT2D eigenvalue weighted by Gasteiger charge is -2.71. The van der Waals surface area contributed by atoms with E-state index >= 15 is 0 Å². The summed E-state index contributed by atoms with van der Waals surface area (Å²) < 4.78 is 21.0. The van der Waals surface area contributed by atoms with Crippen molar-refractivity contribution >= 4 is 47.1 Å². The molecule has 42 heavy (non-hydrogen) atoms. The summed E-state index contributed by atoms with van der Waals surface area (Å²) in [6, 6.07) is 11.2. The van der Waals surface area contributed by atoms with Crippen molar-refractivity contribution in [2.45, 2.75) is 23.9 Å². The lowest BCUT2D eigenvalue weighted by molar-refractivity contribution is -0.212. The van der Waals surface area contributed by atoms with E-state index in [1.54, 1.807) is 48.5 Å². The van der Waals surface area contributed by atoms with Crippen LogP contribution in [0, 0.1) is 10.8 Å². The van der Waals surface area contributed by atoms with Crippen molar-refractivity contribution in [1.29, 1.82) is 0 Å². The summed E-state index contributed by atoms with van der Waals surface area (Å²) in [6.45, 7) is 0. The van der Waals surface area contributed by atoms with Crippen molar-refractivity contribution in [2.75, 3.05) is 28.4 Å². The number of rotatable bonds is 6. The lowest BCUT2D eigenvalue weighted by atomic mass is 9.34. The van der Waals surface area contributed by atoms with Gasteiger partial charge in [0, 0.05) is 34.3 Å². The van der Waals surface area contributed by atoms with Crippen molar-refractivity contribution in [1.82, 2.24) is 10.6 Å². The Morgan fingerprint density at radius 1 is 0.595 bits per heavy atom. The summed E-state index contributed by atoms with van der Waals surface area (Å²) >= 11 is 12.4. The van der Waals surface area contributed by atoms with Crippen LogP contribution < -0.4 is 10.6 Å². The van der Waals surface area contributed by atoms with E-state index in [-0.39, 0.29) is 11.1 Å². The first-order chi connectivity index (χ1) is 20.1. The molecule has 2 aliphatic heterocycles. The number of carbonyl (C=O) groups is 4. The highest BCUT2D eigenvalue weighted by Crippen LogP contribution is 2.71. The average Bonchev–Trinajstić information content (AvgIpc) is 3.01. The van der Waals surface area contributed by atoms with Gasteiger partial charge in [0.25, 0.3) is 0 Å². The molecule has 0 atom stereocenters. The minimum absolute atomic E-state index is 0.132. The second kappa shape index (κ2) is 11.0. The zero-order valence-electron chi connectivity index (χ0n) is 23.1. The first kappa shape index (κ1) is 29.5. The molecule has 2 N–H and O–H groups in total. The molecule has 0 spiro atoms. The number of hydrogen-bond donors (Lipinski definition) is 2. The molecule has 0 saturated heterocycles. The van der Waals surface area contributed by atoms with Gasteiger partial charge in [-0.3, -0.25) is 9.59 Å². The molecular formula is C30H28Cl2N2O8. The highest BCUT2D eigenvalue weighted by Gasteiger charge is 2.85. The van der Waals surface area contributed by atoms with Crippen molar-refractivity contribution < 1.29 is 38.1 Å². The van der Waals surface area contributed by atoms with E-state index in [1.165, 1.54) is 40.8 Å². The Morgan fingerprint density at radius 2 is 0.929 bits per heavy atom. The molecule has 2 aromatic rings. The predicted molar refractivity (Wildman–Crippen MR) is 151 cm³/mol. The number of halogens is 2. The Morgan fingerprint density at radius 3 is 1.21 bits per heavy atom. The maximum absolute atomic E-state index is 14.1. The zero-order valence-corrected chi connectivity index (χ0v) is 24.6. The minimum Gasteiger partial charge on any atom is -0.468 e. The second-order valence-electron chi connectivity index (χ2n) is 10.2. The van der Waals surface area contributed by atoms with E-state index in [2.05, 4.69) is 10.6 Å². The summed E-state index contributed by atoms with van der Waals surface area (Å²) in [6.07, 6.45) is 2.87. The van der Waals surface area contributed by atoms with Gasteiger partial charge < -0.3 is 29.6 Å². The summed E-state index contributed by atoms with van der Waals surface area (Å²) in [7, 11) is 4.94. The number of fused-ring (bicyclic) bond motifs is 4. The molecule has 220 valence electrons. The molecule has 10 nitrogen and oxygen atoms in total.